The van der Waals surface area contributed by atoms with Crippen LogP contribution in [0.2, 0.25) is 0 Å². The number of aryl methyl sites for hydroxylation is 2. The van der Waals surface area contributed by atoms with E-state index in [-0.39, 0.29) is 23.8 Å². The summed E-state index contributed by atoms with van der Waals surface area (Å²) in [5.41, 5.74) is 4.58. The molecular weight excluding hydrogens is 460 g/mol. The maximum absolute atomic E-state index is 13.3. The van der Waals surface area contributed by atoms with E-state index in [1.807, 2.05) is 68.4 Å². The Bertz CT molecular complexity index is 1170. The topological polar surface area (TPSA) is 67.2 Å². The van der Waals surface area contributed by atoms with Crippen molar-refractivity contribution < 1.29 is 9.59 Å². The Morgan fingerprint density at radius 2 is 1.62 bits per heavy atom. The first-order chi connectivity index (χ1) is 17.6. The van der Waals surface area contributed by atoms with Crippen molar-refractivity contribution in [2.45, 2.75) is 79.1 Å². The van der Waals surface area contributed by atoms with E-state index in [2.05, 4.69) is 33.0 Å². The Morgan fingerprint density at radius 1 is 0.946 bits per heavy atom. The van der Waals surface area contributed by atoms with Crippen molar-refractivity contribution in [1.82, 2.24) is 14.7 Å². The summed E-state index contributed by atoms with van der Waals surface area (Å²) in [6.45, 7) is 13.0. The number of rotatable bonds is 11. The van der Waals surface area contributed by atoms with Crippen molar-refractivity contribution in [3.63, 3.8) is 0 Å². The molecule has 0 radical (unpaired) electrons. The molecule has 0 saturated heterocycles. The van der Waals surface area contributed by atoms with Crippen LogP contribution < -0.4 is 5.32 Å². The Balaban J connectivity index is 1.76. The molecule has 1 N–H and O–H groups in total. The fourth-order valence-electron chi connectivity index (χ4n) is 4.17. The average molecular weight is 503 g/mol. The fourth-order valence-corrected chi connectivity index (χ4v) is 4.17. The number of carbonyl (C=O) groups is 2. The van der Waals surface area contributed by atoms with Crippen LogP contribution in [0.3, 0.4) is 0 Å². The molecule has 6 nitrogen and oxygen atoms in total. The van der Waals surface area contributed by atoms with Crippen molar-refractivity contribution in [3.8, 4) is 5.69 Å². The minimum absolute atomic E-state index is 0.0190. The number of hydrogen-bond acceptors (Lipinski definition) is 3. The number of amides is 2. The predicted octanol–water partition coefficient (Wildman–Crippen LogP) is 6.70. The molecule has 0 bridgehead atoms. The first-order valence-electron chi connectivity index (χ1n) is 13.5. The van der Waals surface area contributed by atoms with E-state index >= 15 is 0 Å². The molecule has 1 heterocycles. The zero-order valence-electron chi connectivity index (χ0n) is 23.3. The second kappa shape index (κ2) is 12.7. The van der Waals surface area contributed by atoms with Crippen LogP contribution in [0.4, 0.5) is 5.82 Å². The molecular formula is C31H42N4O2. The fraction of sp³-hybridized carbons (Fsp3) is 0.452. The normalized spacial score (nSPS) is 11.4. The monoisotopic (exact) mass is 502 g/mol. The summed E-state index contributed by atoms with van der Waals surface area (Å²) in [5, 5.41) is 7.81. The van der Waals surface area contributed by atoms with Crippen LogP contribution in [-0.4, -0.2) is 39.6 Å². The molecule has 3 rings (SSSR count). The second-order valence-electron chi connectivity index (χ2n) is 10.8. The van der Waals surface area contributed by atoms with Gasteiger partial charge in [0.1, 0.15) is 12.4 Å². The SMILES string of the molecule is CCCCCc1ccc(C(=O)N(CCC)CC(=O)Nc2cc(C(C)(C)C)nn2-c2ccc(C)cc2)cc1. The number of nitrogens with one attached hydrogen (secondary N) is 1. The van der Waals surface area contributed by atoms with Crippen molar-refractivity contribution in [2.75, 3.05) is 18.4 Å². The van der Waals surface area contributed by atoms with Gasteiger partial charge < -0.3 is 10.2 Å². The average Bonchev–Trinajstić information content (AvgIpc) is 3.28. The molecule has 2 amide bonds. The van der Waals surface area contributed by atoms with E-state index in [9.17, 15) is 9.59 Å². The molecule has 2 aromatic carbocycles. The van der Waals surface area contributed by atoms with Gasteiger partial charge in [0.2, 0.25) is 5.91 Å². The Kier molecular flexibility index (Phi) is 9.67. The summed E-state index contributed by atoms with van der Waals surface area (Å²) in [5.74, 6) is 0.227. The van der Waals surface area contributed by atoms with Crippen LogP contribution >= 0.6 is 0 Å². The van der Waals surface area contributed by atoms with Gasteiger partial charge in [-0.3, -0.25) is 9.59 Å². The molecule has 0 saturated carbocycles. The number of benzene rings is 2. The number of nitrogens with zero attached hydrogens (tertiary/aromatic N) is 3. The van der Waals surface area contributed by atoms with Gasteiger partial charge in [0.25, 0.3) is 5.91 Å². The van der Waals surface area contributed by atoms with Gasteiger partial charge in [0, 0.05) is 23.6 Å². The lowest BCUT2D eigenvalue weighted by Gasteiger charge is -2.22. The standard InChI is InChI=1S/C31H42N4O2/c1-7-9-10-11-24-14-16-25(17-15-24)30(37)34(20-8-2)22-29(36)32-28-21-27(31(4,5)6)33-35(28)26-18-12-23(3)13-19-26/h12-19,21H,7-11,20,22H2,1-6H3,(H,32,36). The highest BCUT2D eigenvalue weighted by atomic mass is 16.2. The predicted molar refractivity (Wildman–Crippen MR) is 151 cm³/mol. The van der Waals surface area contributed by atoms with Gasteiger partial charge in [0.05, 0.1) is 11.4 Å². The first-order valence-corrected chi connectivity index (χ1v) is 13.5. The van der Waals surface area contributed by atoms with Crippen LogP contribution in [0, 0.1) is 6.92 Å². The summed E-state index contributed by atoms with van der Waals surface area (Å²) >= 11 is 0. The van der Waals surface area contributed by atoms with Gasteiger partial charge in [-0.15, -0.1) is 0 Å². The molecule has 0 aliphatic carbocycles. The molecule has 0 aliphatic heterocycles. The number of carbonyl (C=O) groups excluding carboxylic acids is 2. The summed E-state index contributed by atoms with van der Waals surface area (Å²) in [6.07, 6.45) is 5.34. The van der Waals surface area contributed by atoms with E-state index in [1.165, 1.54) is 18.4 Å². The van der Waals surface area contributed by atoms with Gasteiger partial charge in [-0.25, -0.2) is 4.68 Å². The minimum atomic E-state index is -0.244. The number of anilines is 1. The number of aromatic nitrogens is 2. The lowest BCUT2D eigenvalue weighted by molar-refractivity contribution is -0.116. The molecule has 0 fully saturated rings. The minimum Gasteiger partial charge on any atom is -0.329 e. The van der Waals surface area contributed by atoms with Crippen LogP contribution in [0.5, 0.6) is 0 Å². The van der Waals surface area contributed by atoms with Gasteiger partial charge >= 0.3 is 0 Å². The molecule has 1 aromatic heterocycles. The molecule has 198 valence electrons. The molecule has 0 atom stereocenters. The Hall–Kier alpha value is -3.41. The largest absolute Gasteiger partial charge is 0.329 e. The van der Waals surface area contributed by atoms with Crippen molar-refractivity contribution in [2.24, 2.45) is 0 Å². The summed E-state index contributed by atoms with van der Waals surface area (Å²) in [6, 6.07) is 17.8. The van der Waals surface area contributed by atoms with E-state index in [0.717, 1.165) is 36.2 Å². The molecule has 0 spiro atoms. The lowest BCUT2D eigenvalue weighted by atomic mass is 9.92. The van der Waals surface area contributed by atoms with E-state index in [0.29, 0.717) is 17.9 Å². The van der Waals surface area contributed by atoms with Gasteiger partial charge in [0.15, 0.2) is 0 Å². The van der Waals surface area contributed by atoms with Crippen LogP contribution in [0.1, 0.15) is 87.5 Å². The number of unbranched alkanes of at least 4 members (excludes halogenated alkanes) is 2. The molecule has 0 unspecified atom stereocenters. The maximum atomic E-state index is 13.3. The zero-order chi connectivity index (χ0) is 27.0. The molecule has 0 aliphatic rings. The highest BCUT2D eigenvalue weighted by Crippen LogP contribution is 2.26. The van der Waals surface area contributed by atoms with Crippen LogP contribution in [0.25, 0.3) is 5.69 Å². The van der Waals surface area contributed by atoms with Gasteiger partial charge in [-0.2, -0.15) is 5.10 Å². The van der Waals surface area contributed by atoms with Crippen LogP contribution in [0.15, 0.2) is 54.6 Å². The van der Waals surface area contributed by atoms with E-state index < -0.39 is 0 Å². The third-order valence-corrected chi connectivity index (χ3v) is 6.41. The smallest absolute Gasteiger partial charge is 0.254 e. The molecule has 37 heavy (non-hydrogen) atoms. The van der Waals surface area contributed by atoms with Crippen molar-refractivity contribution in [3.05, 3.63) is 77.0 Å². The Labute approximate surface area is 222 Å². The van der Waals surface area contributed by atoms with E-state index in [1.54, 1.807) is 9.58 Å². The zero-order valence-corrected chi connectivity index (χ0v) is 23.3. The third-order valence-electron chi connectivity index (χ3n) is 6.41. The molecule has 3 aromatic rings. The lowest BCUT2D eigenvalue weighted by Crippen LogP contribution is -2.38. The Morgan fingerprint density at radius 3 is 2.22 bits per heavy atom. The van der Waals surface area contributed by atoms with Crippen molar-refractivity contribution in [1.29, 1.82) is 0 Å². The molecule has 6 heteroatoms. The highest BCUT2D eigenvalue weighted by Gasteiger charge is 2.23. The second-order valence-corrected chi connectivity index (χ2v) is 10.8. The van der Waals surface area contributed by atoms with Crippen LogP contribution in [-0.2, 0) is 16.6 Å². The van der Waals surface area contributed by atoms with Gasteiger partial charge in [-0.1, -0.05) is 77.3 Å². The number of hydrogen-bond donors (Lipinski definition) is 1. The highest BCUT2D eigenvalue weighted by molar-refractivity contribution is 5.99. The van der Waals surface area contributed by atoms with Crippen molar-refractivity contribution >= 4 is 17.6 Å². The summed E-state index contributed by atoms with van der Waals surface area (Å²) in [4.78, 5) is 28.1. The van der Waals surface area contributed by atoms with Gasteiger partial charge in [-0.05, 0) is 56.0 Å². The summed E-state index contributed by atoms with van der Waals surface area (Å²) < 4.78 is 1.77. The maximum Gasteiger partial charge on any atom is 0.254 e. The summed E-state index contributed by atoms with van der Waals surface area (Å²) in [7, 11) is 0. The quantitative estimate of drug-likeness (QED) is 0.297. The van der Waals surface area contributed by atoms with E-state index in [4.69, 9.17) is 5.10 Å². The first kappa shape index (κ1) is 28.2. The third kappa shape index (κ3) is 7.78.